The number of fused-ring (bicyclic) bond motifs is 5. The Kier molecular flexibility index (Phi) is 5.68. The Labute approximate surface area is 146 Å². The summed E-state index contributed by atoms with van der Waals surface area (Å²) in [6.07, 6.45) is -6.02. The molecule has 2 aliphatic carbocycles. The highest BCUT2D eigenvalue weighted by Gasteiger charge is 2.73. The molecule has 2 saturated carbocycles. The van der Waals surface area contributed by atoms with E-state index in [1.807, 2.05) is 0 Å². The second-order valence-corrected chi connectivity index (χ2v) is 6.86. The Morgan fingerprint density at radius 1 is 1.19 bits per heavy atom. The average Bonchev–Trinajstić information content (AvgIpc) is 3.06. The number of ether oxygens (including phenoxy) is 3. The van der Waals surface area contributed by atoms with Crippen LogP contribution in [0.3, 0.4) is 0 Å². The van der Waals surface area contributed by atoms with Crippen LogP contribution in [0.5, 0.6) is 0 Å². The Hall–Kier alpha value is -1.29. The fraction of sp³-hybridized carbons (Fsp3) is 0.812. The predicted molar refractivity (Wildman–Crippen MR) is 76.8 cm³/mol. The highest BCUT2D eigenvalue weighted by Crippen LogP contribution is 2.64. The zero-order chi connectivity index (χ0) is 19.9. The van der Waals surface area contributed by atoms with E-state index in [-0.39, 0.29) is 17.9 Å². The molecule has 0 spiro atoms. The van der Waals surface area contributed by atoms with E-state index in [4.69, 9.17) is 4.74 Å². The van der Waals surface area contributed by atoms with Crippen molar-refractivity contribution in [3.63, 3.8) is 0 Å². The fourth-order valence-corrected chi connectivity index (χ4v) is 4.03. The molecule has 3 aliphatic rings. The van der Waals surface area contributed by atoms with Crippen molar-refractivity contribution in [1.29, 1.82) is 0 Å². The van der Waals surface area contributed by atoms with Crippen molar-refractivity contribution in [1.82, 2.24) is 0 Å². The standard InChI is InChI=1S/C10H13F3O.C6H7F3O3/c1-9(10(11,12)13)7-5-2-3-6(4-5)8(7)14-9;1-4(6(7,8)9)5(10)12-3-11-2/h5-8H,2-4H2,1H3;1,3H2,2H3. The number of hydrogen-bond donors (Lipinski definition) is 0. The number of hydrogen-bond acceptors (Lipinski definition) is 4. The van der Waals surface area contributed by atoms with Crippen LogP contribution in [0, 0.1) is 17.8 Å². The topological polar surface area (TPSA) is 44.8 Å². The minimum Gasteiger partial charge on any atom is -0.435 e. The quantitative estimate of drug-likeness (QED) is 0.316. The summed E-state index contributed by atoms with van der Waals surface area (Å²) in [6.45, 7) is 3.22. The maximum atomic E-state index is 12.7. The van der Waals surface area contributed by atoms with Gasteiger partial charge in [-0.15, -0.1) is 0 Å². The lowest BCUT2D eigenvalue weighted by Gasteiger charge is -2.55. The van der Waals surface area contributed by atoms with Gasteiger partial charge in [0, 0.05) is 13.0 Å². The van der Waals surface area contributed by atoms with E-state index in [1.165, 1.54) is 14.0 Å². The summed E-state index contributed by atoms with van der Waals surface area (Å²) in [4.78, 5) is 10.4. The van der Waals surface area contributed by atoms with Crippen molar-refractivity contribution in [2.75, 3.05) is 13.9 Å². The Morgan fingerprint density at radius 3 is 2.23 bits per heavy atom. The average molecular weight is 390 g/mol. The molecular weight excluding hydrogens is 370 g/mol. The van der Waals surface area contributed by atoms with Crippen LogP contribution in [0.4, 0.5) is 26.3 Å². The third-order valence-electron chi connectivity index (χ3n) is 5.32. The van der Waals surface area contributed by atoms with Gasteiger partial charge in [-0.2, -0.15) is 26.3 Å². The van der Waals surface area contributed by atoms with Gasteiger partial charge in [-0.1, -0.05) is 6.58 Å². The molecule has 150 valence electrons. The van der Waals surface area contributed by atoms with Crippen molar-refractivity contribution in [2.45, 2.75) is 50.2 Å². The van der Waals surface area contributed by atoms with Crippen LogP contribution in [0.25, 0.3) is 0 Å². The first-order valence-corrected chi connectivity index (χ1v) is 7.99. The number of halogens is 6. The molecule has 1 saturated heterocycles. The predicted octanol–water partition coefficient (Wildman–Crippen LogP) is 4.00. The van der Waals surface area contributed by atoms with E-state index in [1.54, 1.807) is 0 Å². The smallest absolute Gasteiger partial charge is 0.422 e. The molecule has 0 aromatic rings. The van der Waals surface area contributed by atoms with Crippen LogP contribution in [0.15, 0.2) is 12.2 Å². The number of carbonyl (C=O) groups is 1. The zero-order valence-electron chi connectivity index (χ0n) is 14.2. The molecule has 0 N–H and O–H groups in total. The number of esters is 1. The van der Waals surface area contributed by atoms with Gasteiger partial charge in [0.2, 0.25) is 0 Å². The molecule has 5 unspecified atom stereocenters. The molecule has 3 fully saturated rings. The molecule has 4 nitrogen and oxygen atoms in total. The van der Waals surface area contributed by atoms with E-state index >= 15 is 0 Å². The summed E-state index contributed by atoms with van der Waals surface area (Å²) in [6, 6.07) is 0. The Bertz CT molecular complexity index is 556. The zero-order valence-corrected chi connectivity index (χ0v) is 14.2. The summed E-state index contributed by atoms with van der Waals surface area (Å²) in [7, 11) is 1.18. The normalized spacial score (nSPS) is 35.1. The van der Waals surface area contributed by atoms with E-state index in [0.29, 0.717) is 5.92 Å². The summed E-state index contributed by atoms with van der Waals surface area (Å²) >= 11 is 0. The molecule has 10 heteroatoms. The maximum Gasteiger partial charge on any atom is 0.422 e. The molecule has 1 heterocycles. The van der Waals surface area contributed by atoms with Gasteiger partial charge in [-0.3, -0.25) is 0 Å². The number of carbonyl (C=O) groups excluding carboxylic acids is 1. The first kappa shape index (κ1) is 21.0. The minimum absolute atomic E-state index is 0.0830. The van der Waals surface area contributed by atoms with E-state index in [0.717, 1.165) is 19.3 Å². The Balaban J connectivity index is 0.000000191. The maximum absolute atomic E-state index is 12.7. The molecule has 5 atom stereocenters. The SMILES string of the molecule is C=C(C(=O)OCOC)C(F)(F)F.CC1(C(F)(F)F)OC2C3CCC(C3)C21. The van der Waals surface area contributed by atoms with Crippen molar-refractivity contribution in [3.05, 3.63) is 12.2 Å². The number of methoxy groups -OCH3 is 1. The third kappa shape index (κ3) is 3.71. The fourth-order valence-electron chi connectivity index (χ4n) is 4.03. The molecule has 3 rings (SSSR count). The van der Waals surface area contributed by atoms with Crippen LogP contribution in [-0.2, 0) is 19.0 Å². The molecule has 0 aromatic heterocycles. The van der Waals surface area contributed by atoms with Crippen molar-refractivity contribution < 1.29 is 45.3 Å². The number of rotatable bonds is 3. The van der Waals surface area contributed by atoms with Crippen molar-refractivity contribution >= 4 is 5.97 Å². The molecule has 0 radical (unpaired) electrons. The van der Waals surface area contributed by atoms with Crippen molar-refractivity contribution in [3.8, 4) is 0 Å². The lowest BCUT2D eigenvalue weighted by Crippen LogP contribution is -2.67. The Morgan fingerprint density at radius 2 is 1.77 bits per heavy atom. The largest absolute Gasteiger partial charge is 0.435 e. The van der Waals surface area contributed by atoms with Crippen molar-refractivity contribution in [2.24, 2.45) is 17.8 Å². The van der Waals surface area contributed by atoms with E-state index < -0.39 is 36.3 Å². The van der Waals surface area contributed by atoms with Gasteiger partial charge >= 0.3 is 18.3 Å². The van der Waals surface area contributed by atoms with E-state index in [2.05, 4.69) is 16.1 Å². The van der Waals surface area contributed by atoms with E-state index in [9.17, 15) is 31.1 Å². The van der Waals surface area contributed by atoms with Gasteiger partial charge in [-0.25, -0.2) is 4.79 Å². The molecule has 2 bridgehead atoms. The highest BCUT2D eigenvalue weighted by molar-refractivity contribution is 5.89. The van der Waals surface area contributed by atoms with Gasteiger partial charge in [0.25, 0.3) is 0 Å². The lowest BCUT2D eigenvalue weighted by atomic mass is 9.70. The lowest BCUT2D eigenvalue weighted by molar-refractivity contribution is -0.384. The summed E-state index contributed by atoms with van der Waals surface area (Å²) in [5.74, 6) is -1.09. The third-order valence-corrected chi connectivity index (χ3v) is 5.32. The monoisotopic (exact) mass is 390 g/mol. The minimum atomic E-state index is -4.75. The second kappa shape index (κ2) is 7.03. The molecule has 0 aromatic carbocycles. The van der Waals surface area contributed by atoms with Crippen LogP contribution in [0.1, 0.15) is 26.2 Å². The summed E-state index contributed by atoms with van der Waals surface area (Å²) < 4.78 is 86.6. The van der Waals surface area contributed by atoms with Crippen LogP contribution >= 0.6 is 0 Å². The summed E-state index contributed by atoms with van der Waals surface area (Å²) in [5, 5.41) is 0. The van der Waals surface area contributed by atoms with Gasteiger partial charge in [0.15, 0.2) is 12.4 Å². The molecule has 0 amide bonds. The number of alkyl halides is 6. The molecule has 26 heavy (non-hydrogen) atoms. The highest BCUT2D eigenvalue weighted by atomic mass is 19.4. The molecular formula is C16H20F6O4. The van der Waals surface area contributed by atoms with Crippen LogP contribution in [-0.4, -0.2) is 43.9 Å². The van der Waals surface area contributed by atoms with Gasteiger partial charge in [-0.05, 0) is 38.0 Å². The van der Waals surface area contributed by atoms with Gasteiger partial charge < -0.3 is 14.2 Å². The second-order valence-electron chi connectivity index (χ2n) is 6.86. The van der Waals surface area contributed by atoms with Gasteiger partial charge in [0.05, 0.1) is 6.10 Å². The van der Waals surface area contributed by atoms with Crippen LogP contribution < -0.4 is 0 Å². The first-order valence-electron chi connectivity index (χ1n) is 7.99. The molecule has 1 aliphatic heterocycles. The van der Waals surface area contributed by atoms with Gasteiger partial charge in [0.1, 0.15) is 5.57 Å². The summed E-state index contributed by atoms with van der Waals surface area (Å²) in [5.41, 5.74) is -3.38. The first-order chi connectivity index (χ1) is 11.8. The van der Waals surface area contributed by atoms with Crippen LogP contribution in [0.2, 0.25) is 0 Å².